The number of fused-ring (bicyclic) bond motifs is 1. The number of aromatic nitrogens is 2. The topological polar surface area (TPSA) is 65.6 Å². The third-order valence-corrected chi connectivity index (χ3v) is 6.85. The van der Waals surface area contributed by atoms with Gasteiger partial charge in [-0.1, -0.05) is 12.5 Å². The maximum atomic E-state index is 15.0. The highest BCUT2D eigenvalue weighted by Crippen LogP contribution is 2.33. The molecule has 0 aliphatic carbocycles. The van der Waals surface area contributed by atoms with E-state index in [-0.39, 0.29) is 11.9 Å². The molecule has 5 rings (SSSR count). The number of piperidine rings is 1. The van der Waals surface area contributed by atoms with Gasteiger partial charge in [-0.15, -0.1) is 0 Å². The number of hydrogen-bond donors (Lipinski definition) is 2. The molecule has 2 aromatic rings. The molecule has 1 unspecified atom stereocenters. The lowest BCUT2D eigenvalue weighted by molar-refractivity contribution is 0.122. The van der Waals surface area contributed by atoms with Gasteiger partial charge in [0.2, 0.25) is 0 Å². The molecule has 172 valence electrons. The number of rotatable bonds is 5. The van der Waals surface area contributed by atoms with Crippen molar-refractivity contribution >= 4 is 11.5 Å². The van der Waals surface area contributed by atoms with E-state index < -0.39 is 0 Å². The first-order valence-electron chi connectivity index (χ1n) is 11.9. The van der Waals surface area contributed by atoms with Crippen LogP contribution in [-0.2, 0) is 24.2 Å². The molecule has 3 aliphatic rings. The largest absolute Gasteiger partial charge is 0.378 e. The summed E-state index contributed by atoms with van der Waals surface area (Å²) in [6, 6.07) is 5.86. The molecule has 0 spiro atoms. The summed E-state index contributed by atoms with van der Waals surface area (Å²) >= 11 is 0. The fourth-order valence-electron chi connectivity index (χ4n) is 5.13. The van der Waals surface area contributed by atoms with E-state index in [2.05, 4.69) is 26.5 Å². The van der Waals surface area contributed by atoms with E-state index in [1.807, 2.05) is 13.1 Å². The van der Waals surface area contributed by atoms with Gasteiger partial charge in [-0.25, -0.2) is 14.4 Å². The van der Waals surface area contributed by atoms with Crippen LogP contribution in [0.25, 0.3) is 0 Å². The van der Waals surface area contributed by atoms with Gasteiger partial charge in [0.1, 0.15) is 17.5 Å². The van der Waals surface area contributed by atoms with Crippen LogP contribution in [0, 0.1) is 5.82 Å². The van der Waals surface area contributed by atoms with Crippen LogP contribution in [0.15, 0.2) is 18.2 Å². The minimum absolute atomic E-state index is 0.145. The molecule has 0 radical (unpaired) electrons. The molecule has 7 nitrogen and oxygen atoms in total. The van der Waals surface area contributed by atoms with Crippen molar-refractivity contribution in [2.75, 3.05) is 56.7 Å². The summed E-state index contributed by atoms with van der Waals surface area (Å²) in [7, 11) is 1.93. The average Bonchev–Trinajstić information content (AvgIpc) is 2.84. The van der Waals surface area contributed by atoms with Crippen LogP contribution in [0.3, 0.4) is 0 Å². The Labute approximate surface area is 189 Å². The number of nitrogens with zero attached hydrogens (tertiary/aromatic N) is 4. The molecule has 4 heterocycles. The second-order valence-electron chi connectivity index (χ2n) is 8.90. The van der Waals surface area contributed by atoms with E-state index >= 15 is 0 Å². The SMILES string of the molecule is CNc1nc(C2CCCCN2Cc2ccc(N3CCOCC3)c(F)c2)nc2c1CNCC2. The first-order chi connectivity index (χ1) is 15.7. The second kappa shape index (κ2) is 9.68. The van der Waals surface area contributed by atoms with Gasteiger partial charge in [-0.3, -0.25) is 4.90 Å². The number of hydrogen-bond acceptors (Lipinski definition) is 7. The number of ether oxygens (including phenoxy) is 1. The quantitative estimate of drug-likeness (QED) is 0.741. The fourth-order valence-corrected chi connectivity index (χ4v) is 5.13. The van der Waals surface area contributed by atoms with Gasteiger partial charge in [0.15, 0.2) is 0 Å². The van der Waals surface area contributed by atoms with Crippen LogP contribution in [0.5, 0.6) is 0 Å². The Kier molecular flexibility index (Phi) is 6.52. The van der Waals surface area contributed by atoms with Gasteiger partial charge < -0.3 is 20.3 Å². The second-order valence-corrected chi connectivity index (χ2v) is 8.90. The Bertz CT molecular complexity index is 931. The monoisotopic (exact) mass is 440 g/mol. The van der Waals surface area contributed by atoms with Crippen molar-refractivity contribution in [3.05, 3.63) is 46.7 Å². The number of morpholine rings is 1. The van der Waals surface area contributed by atoms with Gasteiger partial charge in [-0.2, -0.15) is 0 Å². The summed E-state index contributed by atoms with van der Waals surface area (Å²) in [6.45, 7) is 6.25. The lowest BCUT2D eigenvalue weighted by Gasteiger charge is -2.35. The molecule has 3 aliphatic heterocycles. The Morgan fingerprint density at radius 3 is 2.88 bits per heavy atom. The molecule has 32 heavy (non-hydrogen) atoms. The third kappa shape index (κ3) is 4.44. The van der Waals surface area contributed by atoms with Gasteiger partial charge in [-0.05, 0) is 37.1 Å². The number of nitrogens with one attached hydrogen (secondary N) is 2. The number of halogens is 1. The van der Waals surface area contributed by atoms with Crippen LogP contribution in [0.2, 0.25) is 0 Å². The van der Waals surface area contributed by atoms with Gasteiger partial charge in [0, 0.05) is 51.8 Å². The molecule has 1 aromatic carbocycles. The first kappa shape index (κ1) is 21.6. The molecule has 0 saturated carbocycles. The van der Waals surface area contributed by atoms with Crippen LogP contribution in [-0.4, -0.2) is 61.3 Å². The maximum Gasteiger partial charge on any atom is 0.148 e. The van der Waals surface area contributed by atoms with E-state index in [1.54, 1.807) is 6.07 Å². The Hall–Kier alpha value is -2.29. The predicted molar refractivity (Wildman–Crippen MR) is 123 cm³/mol. The summed E-state index contributed by atoms with van der Waals surface area (Å²) in [5.41, 5.74) is 4.02. The Balaban J connectivity index is 1.37. The zero-order valence-corrected chi connectivity index (χ0v) is 18.9. The predicted octanol–water partition coefficient (Wildman–Crippen LogP) is 2.87. The van der Waals surface area contributed by atoms with Crippen LogP contribution in [0.1, 0.15) is 47.9 Å². The normalized spacial score (nSPS) is 21.9. The smallest absolute Gasteiger partial charge is 0.148 e. The fraction of sp³-hybridized carbons (Fsp3) is 0.583. The summed E-state index contributed by atoms with van der Waals surface area (Å²) < 4.78 is 20.4. The average molecular weight is 441 g/mol. The highest BCUT2D eigenvalue weighted by atomic mass is 19.1. The van der Waals surface area contributed by atoms with E-state index in [0.717, 1.165) is 74.9 Å². The molecule has 2 N–H and O–H groups in total. The van der Waals surface area contributed by atoms with Crippen molar-refractivity contribution in [2.24, 2.45) is 0 Å². The number of benzene rings is 1. The van der Waals surface area contributed by atoms with Crippen molar-refractivity contribution in [2.45, 2.75) is 44.8 Å². The molecule has 0 bridgehead atoms. The van der Waals surface area contributed by atoms with Crippen LogP contribution in [0.4, 0.5) is 15.9 Å². The molecule has 0 amide bonds. The highest BCUT2D eigenvalue weighted by molar-refractivity contribution is 5.50. The third-order valence-electron chi connectivity index (χ3n) is 6.85. The Morgan fingerprint density at radius 1 is 1.19 bits per heavy atom. The molecular formula is C24H33FN6O. The minimum atomic E-state index is -0.145. The van der Waals surface area contributed by atoms with Crippen LogP contribution < -0.4 is 15.5 Å². The van der Waals surface area contributed by atoms with E-state index in [4.69, 9.17) is 14.7 Å². The maximum absolute atomic E-state index is 15.0. The lowest BCUT2D eigenvalue weighted by Crippen LogP contribution is -2.37. The molecule has 1 atom stereocenters. The van der Waals surface area contributed by atoms with Gasteiger partial charge in [0.25, 0.3) is 0 Å². The minimum Gasteiger partial charge on any atom is -0.378 e. The molecule has 2 fully saturated rings. The summed E-state index contributed by atoms with van der Waals surface area (Å²) in [4.78, 5) is 14.4. The first-order valence-corrected chi connectivity index (χ1v) is 11.9. The number of anilines is 2. The summed E-state index contributed by atoms with van der Waals surface area (Å²) in [6.07, 6.45) is 4.29. The number of likely N-dealkylation sites (tertiary alicyclic amines) is 1. The summed E-state index contributed by atoms with van der Waals surface area (Å²) in [5.74, 6) is 1.69. The molecule has 2 saturated heterocycles. The van der Waals surface area contributed by atoms with Crippen molar-refractivity contribution in [3.63, 3.8) is 0 Å². The van der Waals surface area contributed by atoms with Crippen molar-refractivity contribution in [3.8, 4) is 0 Å². The summed E-state index contributed by atoms with van der Waals surface area (Å²) in [5, 5.41) is 6.68. The highest BCUT2D eigenvalue weighted by Gasteiger charge is 2.29. The van der Waals surface area contributed by atoms with E-state index in [1.165, 1.54) is 12.0 Å². The van der Waals surface area contributed by atoms with Gasteiger partial charge in [0.05, 0.1) is 30.6 Å². The van der Waals surface area contributed by atoms with Gasteiger partial charge >= 0.3 is 0 Å². The van der Waals surface area contributed by atoms with Crippen LogP contribution >= 0.6 is 0 Å². The zero-order valence-electron chi connectivity index (χ0n) is 18.9. The van der Waals surface area contributed by atoms with Crippen molar-refractivity contribution in [1.29, 1.82) is 0 Å². The molecular weight excluding hydrogens is 407 g/mol. The van der Waals surface area contributed by atoms with E-state index in [0.29, 0.717) is 25.4 Å². The Morgan fingerprint density at radius 2 is 2.06 bits per heavy atom. The molecule has 1 aromatic heterocycles. The standard InChI is InChI=1S/C24H33FN6O/c1-26-23-18-15-27-8-7-20(18)28-24(29-23)22-4-2-3-9-31(22)16-17-5-6-21(19(25)14-17)30-10-12-32-13-11-30/h5-6,14,22,27H,2-4,7-13,15-16H2,1H3,(H,26,28,29). The molecule has 8 heteroatoms. The van der Waals surface area contributed by atoms with E-state index in [9.17, 15) is 4.39 Å². The lowest BCUT2D eigenvalue weighted by atomic mass is 9.99. The zero-order chi connectivity index (χ0) is 21.9. The van der Waals surface area contributed by atoms with Crippen molar-refractivity contribution < 1.29 is 9.13 Å². The van der Waals surface area contributed by atoms with Crippen molar-refractivity contribution in [1.82, 2.24) is 20.2 Å².